The fourth-order valence-electron chi connectivity index (χ4n) is 2.70. The second-order valence-corrected chi connectivity index (χ2v) is 6.17. The first kappa shape index (κ1) is 13.5. The number of ether oxygens (including phenoxy) is 2. The molecule has 1 fully saturated rings. The maximum Gasteiger partial charge on any atom is 0.189 e. The van der Waals surface area contributed by atoms with E-state index in [2.05, 4.69) is 6.58 Å². The van der Waals surface area contributed by atoms with Gasteiger partial charge in [-0.2, -0.15) is 0 Å². The molecule has 2 aliphatic rings. The van der Waals surface area contributed by atoms with Gasteiger partial charge in [0.05, 0.1) is 17.3 Å². The summed E-state index contributed by atoms with van der Waals surface area (Å²) < 4.78 is 12.0. The SMILES string of the molecule is C=CC1(C)CCC(C2(C)OC(C)(C)C=CC2=O)O1. The molecule has 3 unspecified atom stereocenters. The summed E-state index contributed by atoms with van der Waals surface area (Å²) in [7, 11) is 0. The van der Waals surface area contributed by atoms with E-state index in [1.54, 1.807) is 12.2 Å². The van der Waals surface area contributed by atoms with Crippen molar-refractivity contribution in [1.82, 2.24) is 0 Å². The molecule has 0 saturated carbocycles. The van der Waals surface area contributed by atoms with Gasteiger partial charge in [0.15, 0.2) is 11.4 Å². The number of carbonyl (C=O) groups is 1. The Bertz CT molecular complexity index is 410. The molecule has 2 rings (SSSR count). The second kappa shape index (κ2) is 4.04. The Morgan fingerprint density at radius 1 is 1.39 bits per heavy atom. The van der Waals surface area contributed by atoms with Gasteiger partial charge in [-0.1, -0.05) is 6.08 Å². The molecule has 2 aliphatic heterocycles. The van der Waals surface area contributed by atoms with Gasteiger partial charge in [-0.25, -0.2) is 0 Å². The number of carbonyl (C=O) groups excluding carboxylic acids is 1. The van der Waals surface area contributed by atoms with Gasteiger partial charge < -0.3 is 9.47 Å². The van der Waals surface area contributed by atoms with Gasteiger partial charge in [0.25, 0.3) is 0 Å². The Hall–Kier alpha value is -0.930. The Morgan fingerprint density at radius 3 is 2.61 bits per heavy atom. The molecular formula is C15H22O3. The molecule has 3 heteroatoms. The maximum absolute atomic E-state index is 12.2. The van der Waals surface area contributed by atoms with Crippen molar-refractivity contribution in [1.29, 1.82) is 0 Å². The van der Waals surface area contributed by atoms with Gasteiger partial charge in [-0.15, -0.1) is 6.58 Å². The van der Waals surface area contributed by atoms with Crippen molar-refractivity contribution < 1.29 is 14.3 Å². The lowest BCUT2D eigenvalue weighted by atomic mass is 9.86. The quantitative estimate of drug-likeness (QED) is 0.707. The van der Waals surface area contributed by atoms with Crippen LogP contribution in [0.5, 0.6) is 0 Å². The highest BCUT2D eigenvalue weighted by molar-refractivity contribution is 5.98. The van der Waals surface area contributed by atoms with Crippen LogP contribution in [0.25, 0.3) is 0 Å². The van der Waals surface area contributed by atoms with E-state index in [0.717, 1.165) is 12.8 Å². The van der Waals surface area contributed by atoms with Crippen molar-refractivity contribution in [3.8, 4) is 0 Å². The summed E-state index contributed by atoms with van der Waals surface area (Å²) in [5.41, 5.74) is -1.67. The van der Waals surface area contributed by atoms with E-state index >= 15 is 0 Å². The van der Waals surface area contributed by atoms with Gasteiger partial charge in [0.2, 0.25) is 0 Å². The van der Waals surface area contributed by atoms with Crippen LogP contribution in [0.3, 0.4) is 0 Å². The zero-order valence-electron chi connectivity index (χ0n) is 11.7. The van der Waals surface area contributed by atoms with Crippen molar-refractivity contribution in [3.63, 3.8) is 0 Å². The predicted octanol–water partition coefficient (Wildman–Crippen LogP) is 2.80. The Kier molecular flexibility index (Phi) is 3.03. The lowest BCUT2D eigenvalue weighted by molar-refractivity contribution is -0.190. The first-order chi connectivity index (χ1) is 8.21. The van der Waals surface area contributed by atoms with Gasteiger partial charge >= 0.3 is 0 Å². The molecule has 0 aromatic rings. The normalized spacial score (nSPS) is 43.1. The standard InChI is InChI=1S/C15H22O3/c1-6-14(4)10-8-12(17-14)15(5)11(16)7-9-13(2,3)18-15/h6-7,9,12H,1,8,10H2,2-5H3. The molecule has 0 bridgehead atoms. The lowest BCUT2D eigenvalue weighted by Gasteiger charge is -2.42. The minimum Gasteiger partial charge on any atom is -0.364 e. The topological polar surface area (TPSA) is 35.5 Å². The van der Waals surface area contributed by atoms with Crippen molar-refractivity contribution in [2.45, 2.75) is 63.4 Å². The lowest BCUT2D eigenvalue weighted by Crippen LogP contribution is -2.55. The smallest absolute Gasteiger partial charge is 0.189 e. The molecule has 0 radical (unpaired) electrons. The summed E-state index contributed by atoms with van der Waals surface area (Å²) >= 11 is 0. The molecule has 3 atom stereocenters. The van der Waals surface area contributed by atoms with Crippen molar-refractivity contribution >= 4 is 5.78 Å². The van der Waals surface area contributed by atoms with Crippen LogP contribution in [0.1, 0.15) is 40.5 Å². The van der Waals surface area contributed by atoms with Crippen molar-refractivity contribution in [2.75, 3.05) is 0 Å². The Balaban J connectivity index is 2.25. The summed E-state index contributed by atoms with van der Waals surface area (Å²) in [6.07, 6.45) is 6.71. The van der Waals surface area contributed by atoms with Crippen molar-refractivity contribution in [3.05, 3.63) is 24.8 Å². The van der Waals surface area contributed by atoms with Crippen LogP contribution in [-0.4, -0.2) is 28.7 Å². The van der Waals surface area contributed by atoms with Gasteiger partial charge in [0.1, 0.15) is 0 Å². The van der Waals surface area contributed by atoms with E-state index in [4.69, 9.17) is 9.47 Å². The van der Waals surface area contributed by atoms with Crippen LogP contribution in [0.2, 0.25) is 0 Å². The number of ketones is 1. The minimum atomic E-state index is -0.890. The molecular weight excluding hydrogens is 228 g/mol. The maximum atomic E-state index is 12.2. The minimum absolute atomic E-state index is 0.0138. The predicted molar refractivity (Wildman–Crippen MR) is 70.4 cm³/mol. The number of hydrogen-bond acceptors (Lipinski definition) is 3. The van der Waals surface area contributed by atoms with Crippen molar-refractivity contribution in [2.24, 2.45) is 0 Å². The van der Waals surface area contributed by atoms with Gasteiger partial charge in [-0.05, 0) is 52.7 Å². The molecule has 0 amide bonds. The number of rotatable bonds is 2. The molecule has 3 nitrogen and oxygen atoms in total. The Labute approximate surface area is 109 Å². The van der Waals surface area contributed by atoms with Crippen LogP contribution >= 0.6 is 0 Å². The third-order valence-electron chi connectivity index (χ3n) is 3.96. The van der Waals surface area contributed by atoms with Crippen LogP contribution in [0, 0.1) is 0 Å². The third kappa shape index (κ3) is 2.17. The average molecular weight is 250 g/mol. The summed E-state index contributed by atoms with van der Waals surface area (Å²) in [5, 5.41) is 0. The highest BCUT2D eigenvalue weighted by Gasteiger charge is 2.52. The third-order valence-corrected chi connectivity index (χ3v) is 3.96. The van der Waals surface area contributed by atoms with E-state index in [9.17, 15) is 4.79 Å². The average Bonchev–Trinajstić information content (AvgIpc) is 2.68. The zero-order valence-corrected chi connectivity index (χ0v) is 11.7. The zero-order chi connectivity index (χ0) is 13.6. The second-order valence-electron chi connectivity index (χ2n) is 6.17. The summed E-state index contributed by atoms with van der Waals surface area (Å²) in [6.45, 7) is 11.5. The van der Waals surface area contributed by atoms with Crippen LogP contribution < -0.4 is 0 Å². The highest BCUT2D eigenvalue weighted by Crippen LogP contribution is 2.41. The van der Waals surface area contributed by atoms with Crippen LogP contribution in [-0.2, 0) is 14.3 Å². The fourth-order valence-corrected chi connectivity index (χ4v) is 2.70. The Morgan fingerprint density at radius 2 is 2.06 bits per heavy atom. The monoisotopic (exact) mass is 250 g/mol. The van der Waals surface area contributed by atoms with E-state index < -0.39 is 11.2 Å². The van der Waals surface area contributed by atoms with Gasteiger partial charge in [0, 0.05) is 0 Å². The summed E-state index contributed by atoms with van der Waals surface area (Å²) in [5.74, 6) is -0.0138. The van der Waals surface area contributed by atoms with E-state index in [1.807, 2.05) is 33.8 Å². The molecule has 0 aromatic carbocycles. The molecule has 0 aliphatic carbocycles. The summed E-state index contributed by atoms with van der Waals surface area (Å²) in [6, 6.07) is 0. The molecule has 1 saturated heterocycles. The van der Waals surface area contributed by atoms with E-state index in [0.29, 0.717) is 0 Å². The molecule has 100 valence electrons. The first-order valence-electron chi connectivity index (χ1n) is 6.46. The van der Waals surface area contributed by atoms with Crippen LogP contribution in [0.4, 0.5) is 0 Å². The molecule has 2 heterocycles. The molecule has 0 spiro atoms. The first-order valence-corrected chi connectivity index (χ1v) is 6.46. The molecule has 18 heavy (non-hydrogen) atoms. The van der Waals surface area contributed by atoms with E-state index in [-0.39, 0.29) is 17.5 Å². The number of hydrogen-bond donors (Lipinski definition) is 0. The molecule has 0 N–H and O–H groups in total. The summed E-state index contributed by atoms with van der Waals surface area (Å²) in [4.78, 5) is 12.2. The largest absolute Gasteiger partial charge is 0.364 e. The van der Waals surface area contributed by atoms with Crippen LogP contribution in [0.15, 0.2) is 24.8 Å². The highest BCUT2D eigenvalue weighted by atomic mass is 16.6. The van der Waals surface area contributed by atoms with E-state index in [1.165, 1.54) is 0 Å². The fraction of sp³-hybridized carbons (Fsp3) is 0.667. The van der Waals surface area contributed by atoms with Gasteiger partial charge in [-0.3, -0.25) is 4.79 Å². The molecule has 0 aromatic heterocycles.